The van der Waals surface area contributed by atoms with Crippen LogP contribution in [0.3, 0.4) is 0 Å². The fourth-order valence-corrected chi connectivity index (χ4v) is 3.49. The zero-order chi connectivity index (χ0) is 17.6. The first kappa shape index (κ1) is 17.3. The summed E-state index contributed by atoms with van der Waals surface area (Å²) in [6, 6.07) is 12.9. The lowest BCUT2D eigenvalue weighted by molar-refractivity contribution is -0.0498. The van der Waals surface area contributed by atoms with Gasteiger partial charge in [0.2, 0.25) is 0 Å². The van der Waals surface area contributed by atoms with Crippen molar-refractivity contribution in [2.75, 3.05) is 5.32 Å². The zero-order valence-electron chi connectivity index (χ0n) is 12.6. The number of ether oxygens (including phenoxy) is 1. The third-order valence-corrected chi connectivity index (χ3v) is 4.85. The Morgan fingerprint density at radius 1 is 1.20 bits per heavy atom. The van der Waals surface area contributed by atoms with Crippen LogP contribution in [0.2, 0.25) is 0 Å². The Kier molecular flexibility index (Phi) is 5.56. The van der Waals surface area contributed by atoms with E-state index in [9.17, 15) is 13.6 Å². The van der Waals surface area contributed by atoms with Gasteiger partial charge in [0, 0.05) is 10.5 Å². The maximum absolute atomic E-state index is 12.4. The third-order valence-electron chi connectivity index (χ3n) is 2.99. The Labute approximate surface area is 150 Å². The predicted molar refractivity (Wildman–Crippen MR) is 91.5 cm³/mol. The van der Waals surface area contributed by atoms with Crippen LogP contribution < -0.4 is 10.1 Å². The second-order valence-corrected chi connectivity index (χ2v) is 6.79. The topological polar surface area (TPSA) is 64.1 Å². The van der Waals surface area contributed by atoms with Crippen LogP contribution in [0.25, 0.3) is 0 Å². The quantitative estimate of drug-likeness (QED) is 0.681. The molecule has 0 atom stereocenters. The number of anilines is 1. The van der Waals surface area contributed by atoms with Crippen LogP contribution in [-0.4, -0.2) is 22.7 Å². The number of benzene rings is 2. The number of carbonyl (C=O) groups is 1. The van der Waals surface area contributed by atoms with E-state index in [1.165, 1.54) is 47.4 Å². The number of amides is 1. The van der Waals surface area contributed by atoms with Gasteiger partial charge in [-0.15, -0.1) is 10.2 Å². The Bertz CT molecular complexity index is 860. The van der Waals surface area contributed by atoms with Crippen molar-refractivity contribution in [1.82, 2.24) is 10.2 Å². The molecule has 9 heteroatoms. The van der Waals surface area contributed by atoms with E-state index in [1.54, 1.807) is 17.6 Å². The minimum Gasteiger partial charge on any atom is -0.435 e. The number of rotatable bonds is 6. The summed E-state index contributed by atoms with van der Waals surface area (Å²) in [6.07, 6.45) is 0. The maximum atomic E-state index is 12.4. The van der Waals surface area contributed by atoms with Crippen LogP contribution in [0.5, 0.6) is 5.75 Å². The monoisotopic (exact) mass is 379 g/mol. The van der Waals surface area contributed by atoms with Crippen LogP contribution in [0.1, 0.15) is 10.4 Å². The number of para-hydroxylation sites is 1. The molecule has 1 N–H and O–H groups in total. The van der Waals surface area contributed by atoms with Crippen molar-refractivity contribution in [2.24, 2.45) is 0 Å². The molecule has 0 aliphatic rings. The standard InChI is InChI=1S/C16H11F2N3O2S2/c17-15(18)23-11-5-3-4-10(8-11)14(22)20-12-6-1-2-7-13(12)25-16-21-19-9-24-16/h1-9,15H,(H,20,22). The lowest BCUT2D eigenvalue weighted by atomic mass is 10.2. The summed E-state index contributed by atoms with van der Waals surface area (Å²) >= 11 is 2.77. The van der Waals surface area contributed by atoms with Gasteiger partial charge in [0.15, 0.2) is 4.34 Å². The van der Waals surface area contributed by atoms with Gasteiger partial charge >= 0.3 is 6.61 Å². The number of alkyl halides is 2. The van der Waals surface area contributed by atoms with Gasteiger partial charge in [0.25, 0.3) is 5.91 Å². The van der Waals surface area contributed by atoms with Gasteiger partial charge in [0.05, 0.1) is 5.69 Å². The first-order valence-electron chi connectivity index (χ1n) is 7.01. The van der Waals surface area contributed by atoms with E-state index in [2.05, 4.69) is 20.3 Å². The van der Waals surface area contributed by atoms with Crippen molar-refractivity contribution >= 4 is 34.7 Å². The lowest BCUT2D eigenvalue weighted by Crippen LogP contribution is -2.13. The number of aromatic nitrogens is 2. The van der Waals surface area contributed by atoms with Crippen LogP contribution in [0, 0.1) is 0 Å². The molecule has 3 rings (SSSR count). The molecule has 0 fully saturated rings. The molecular weight excluding hydrogens is 368 g/mol. The minimum atomic E-state index is -2.94. The SMILES string of the molecule is O=C(Nc1ccccc1Sc1nncs1)c1cccc(OC(F)F)c1. The molecule has 5 nitrogen and oxygen atoms in total. The van der Waals surface area contributed by atoms with Crippen LogP contribution >= 0.6 is 23.1 Å². The van der Waals surface area contributed by atoms with Crippen molar-refractivity contribution in [3.05, 3.63) is 59.6 Å². The second kappa shape index (κ2) is 8.04. The van der Waals surface area contributed by atoms with E-state index >= 15 is 0 Å². The first-order valence-corrected chi connectivity index (χ1v) is 8.71. The van der Waals surface area contributed by atoms with Crippen LogP contribution in [0.4, 0.5) is 14.5 Å². The normalized spacial score (nSPS) is 10.7. The van der Waals surface area contributed by atoms with Crippen molar-refractivity contribution in [1.29, 1.82) is 0 Å². The minimum absolute atomic E-state index is 0.0702. The van der Waals surface area contributed by atoms with Crippen molar-refractivity contribution in [3.8, 4) is 5.75 Å². The molecular formula is C16H11F2N3O2S2. The van der Waals surface area contributed by atoms with Crippen LogP contribution in [-0.2, 0) is 0 Å². The highest BCUT2D eigenvalue weighted by Gasteiger charge is 2.13. The summed E-state index contributed by atoms with van der Waals surface area (Å²) in [4.78, 5) is 13.2. The van der Waals surface area contributed by atoms with Gasteiger partial charge in [-0.2, -0.15) is 8.78 Å². The molecule has 0 saturated heterocycles. The van der Waals surface area contributed by atoms with Crippen molar-refractivity contribution in [2.45, 2.75) is 15.8 Å². The van der Waals surface area contributed by atoms with Crippen LogP contribution in [0.15, 0.2) is 63.3 Å². The molecule has 128 valence electrons. The van der Waals surface area contributed by atoms with E-state index in [0.29, 0.717) is 5.69 Å². The average molecular weight is 379 g/mol. The van der Waals surface area contributed by atoms with Crippen molar-refractivity contribution < 1.29 is 18.3 Å². The molecule has 25 heavy (non-hydrogen) atoms. The smallest absolute Gasteiger partial charge is 0.387 e. The van der Waals surface area contributed by atoms with Gasteiger partial charge < -0.3 is 10.1 Å². The molecule has 0 unspecified atom stereocenters. The van der Waals surface area contributed by atoms with Gasteiger partial charge in [-0.3, -0.25) is 4.79 Å². The highest BCUT2D eigenvalue weighted by molar-refractivity contribution is 8.01. The summed E-state index contributed by atoms with van der Waals surface area (Å²) in [7, 11) is 0. The van der Waals surface area contributed by atoms with E-state index in [4.69, 9.17) is 0 Å². The van der Waals surface area contributed by atoms with Gasteiger partial charge in [-0.05, 0) is 30.3 Å². The highest BCUT2D eigenvalue weighted by Crippen LogP contribution is 2.34. The molecule has 2 aromatic carbocycles. The Morgan fingerprint density at radius 3 is 2.80 bits per heavy atom. The molecule has 3 aromatic rings. The van der Waals surface area contributed by atoms with Crippen molar-refractivity contribution in [3.63, 3.8) is 0 Å². The highest BCUT2D eigenvalue weighted by atomic mass is 32.2. The molecule has 0 spiro atoms. The Hall–Kier alpha value is -2.52. The first-order chi connectivity index (χ1) is 12.1. The number of hydrogen-bond donors (Lipinski definition) is 1. The summed E-state index contributed by atoms with van der Waals surface area (Å²) in [6.45, 7) is -2.94. The summed E-state index contributed by atoms with van der Waals surface area (Å²) in [5.41, 5.74) is 2.43. The average Bonchev–Trinajstić information content (AvgIpc) is 3.09. The molecule has 0 aliphatic heterocycles. The van der Waals surface area contributed by atoms with E-state index in [0.717, 1.165) is 9.24 Å². The molecule has 1 heterocycles. The maximum Gasteiger partial charge on any atom is 0.387 e. The summed E-state index contributed by atoms with van der Waals surface area (Å²) in [5, 5.41) is 10.5. The zero-order valence-corrected chi connectivity index (χ0v) is 14.2. The van der Waals surface area contributed by atoms with Gasteiger partial charge in [0.1, 0.15) is 11.3 Å². The number of carbonyl (C=O) groups excluding carboxylic acids is 1. The molecule has 0 bridgehead atoms. The van der Waals surface area contributed by atoms with Gasteiger partial charge in [-0.25, -0.2) is 0 Å². The summed E-state index contributed by atoms with van der Waals surface area (Å²) < 4.78 is 29.7. The lowest BCUT2D eigenvalue weighted by Gasteiger charge is -2.10. The van der Waals surface area contributed by atoms with Gasteiger partial charge in [-0.1, -0.05) is 41.3 Å². The fraction of sp³-hybridized carbons (Fsp3) is 0.0625. The fourth-order valence-electron chi connectivity index (χ4n) is 1.97. The number of hydrogen-bond acceptors (Lipinski definition) is 6. The molecule has 1 amide bonds. The second-order valence-electron chi connectivity index (χ2n) is 4.66. The predicted octanol–water partition coefficient (Wildman–Crippen LogP) is 4.54. The molecule has 0 saturated carbocycles. The Morgan fingerprint density at radius 2 is 2.04 bits per heavy atom. The number of nitrogens with zero attached hydrogens (tertiary/aromatic N) is 2. The molecule has 0 aliphatic carbocycles. The number of halogens is 2. The largest absolute Gasteiger partial charge is 0.435 e. The Balaban J connectivity index is 1.77. The van der Waals surface area contributed by atoms with E-state index < -0.39 is 12.5 Å². The van der Waals surface area contributed by atoms with E-state index in [1.807, 2.05) is 12.1 Å². The molecule has 0 radical (unpaired) electrons. The third kappa shape index (κ3) is 4.74. The number of nitrogens with one attached hydrogen (secondary N) is 1. The molecule has 1 aromatic heterocycles. The summed E-state index contributed by atoms with van der Waals surface area (Å²) in [5.74, 6) is -0.496. The van der Waals surface area contributed by atoms with E-state index in [-0.39, 0.29) is 11.3 Å².